The minimum atomic E-state index is -0.165. The van der Waals surface area contributed by atoms with Gasteiger partial charge in [-0.25, -0.2) is 5.43 Å². The van der Waals surface area contributed by atoms with E-state index in [-0.39, 0.29) is 5.91 Å². The second kappa shape index (κ2) is 8.96. The molecule has 120 valence electrons. The van der Waals surface area contributed by atoms with Gasteiger partial charge in [-0.3, -0.25) is 4.79 Å². The molecule has 0 atom stereocenters. The zero-order valence-corrected chi connectivity index (χ0v) is 14.9. The summed E-state index contributed by atoms with van der Waals surface area (Å²) in [6, 6.07) is 13.4. The first-order valence-corrected chi connectivity index (χ1v) is 8.86. The first kappa shape index (κ1) is 17.9. The lowest BCUT2D eigenvalue weighted by atomic mass is 10.2. The molecule has 0 saturated heterocycles. The van der Waals surface area contributed by atoms with Crippen molar-refractivity contribution in [3.05, 3.63) is 69.2 Å². The smallest absolute Gasteiger partial charge is 0.250 e. The third kappa shape index (κ3) is 5.90. The van der Waals surface area contributed by atoms with Crippen molar-refractivity contribution < 1.29 is 4.79 Å². The molecule has 0 spiro atoms. The number of hydrogen-bond acceptors (Lipinski definition) is 3. The van der Waals surface area contributed by atoms with Gasteiger partial charge in [-0.15, -0.1) is 11.8 Å². The number of nitrogens with one attached hydrogen (secondary N) is 1. The van der Waals surface area contributed by atoms with Gasteiger partial charge in [0.05, 0.1) is 22.0 Å². The number of aryl methyl sites for hydroxylation is 1. The molecule has 2 aromatic carbocycles. The molecule has 0 unspecified atom stereocenters. The molecule has 0 saturated carbocycles. The van der Waals surface area contributed by atoms with Gasteiger partial charge in [0.15, 0.2) is 0 Å². The predicted molar refractivity (Wildman–Crippen MR) is 99.5 cm³/mol. The third-order valence-corrected chi connectivity index (χ3v) is 4.67. The number of thioether (sulfide) groups is 1. The van der Waals surface area contributed by atoms with Crippen LogP contribution >= 0.6 is 35.0 Å². The highest BCUT2D eigenvalue weighted by molar-refractivity contribution is 7.99. The topological polar surface area (TPSA) is 41.5 Å². The van der Waals surface area contributed by atoms with E-state index in [0.29, 0.717) is 21.4 Å². The van der Waals surface area contributed by atoms with Crippen LogP contribution in [0.25, 0.3) is 0 Å². The Balaban J connectivity index is 1.77. The van der Waals surface area contributed by atoms with E-state index in [0.717, 1.165) is 5.75 Å². The Morgan fingerprint density at radius 1 is 1.17 bits per heavy atom. The number of rotatable bonds is 6. The molecule has 0 aliphatic carbocycles. The summed E-state index contributed by atoms with van der Waals surface area (Å²) < 4.78 is 0. The number of amides is 1. The average Bonchev–Trinajstić information content (AvgIpc) is 2.52. The minimum absolute atomic E-state index is 0.165. The molecule has 0 aliphatic rings. The molecule has 2 rings (SSSR count). The van der Waals surface area contributed by atoms with Crippen LogP contribution in [-0.2, 0) is 10.5 Å². The van der Waals surface area contributed by atoms with E-state index in [9.17, 15) is 4.79 Å². The Kier molecular flexibility index (Phi) is 6.96. The Morgan fingerprint density at radius 3 is 2.48 bits per heavy atom. The van der Waals surface area contributed by atoms with Gasteiger partial charge in [-0.05, 0) is 24.6 Å². The van der Waals surface area contributed by atoms with Gasteiger partial charge in [0.25, 0.3) is 0 Å². The first-order chi connectivity index (χ1) is 11.1. The van der Waals surface area contributed by atoms with Crippen molar-refractivity contribution in [1.82, 2.24) is 5.43 Å². The Bertz CT molecular complexity index is 682. The van der Waals surface area contributed by atoms with Crippen LogP contribution in [0.1, 0.15) is 16.7 Å². The third-order valence-electron chi connectivity index (χ3n) is 3.01. The van der Waals surface area contributed by atoms with E-state index in [4.69, 9.17) is 23.2 Å². The number of carbonyl (C=O) groups is 1. The Hall–Kier alpha value is -1.49. The van der Waals surface area contributed by atoms with Gasteiger partial charge in [-0.1, -0.05) is 59.1 Å². The van der Waals surface area contributed by atoms with E-state index in [2.05, 4.69) is 34.8 Å². The SMILES string of the molecule is Cc1ccc(CSCC(=O)N/N=C\c2c(Cl)cccc2Cl)cc1. The molecule has 1 amide bonds. The maximum absolute atomic E-state index is 11.7. The first-order valence-electron chi connectivity index (χ1n) is 6.95. The zero-order valence-electron chi connectivity index (χ0n) is 12.6. The predicted octanol–water partition coefficient (Wildman–Crippen LogP) is 4.69. The molecule has 0 aromatic heterocycles. The molecule has 0 radical (unpaired) electrons. The van der Waals surface area contributed by atoms with Crippen molar-refractivity contribution in [2.45, 2.75) is 12.7 Å². The molecule has 3 nitrogen and oxygen atoms in total. The highest BCUT2D eigenvalue weighted by Crippen LogP contribution is 2.22. The van der Waals surface area contributed by atoms with Gasteiger partial charge in [-0.2, -0.15) is 5.10 Å². The van der Waals surface area contributed by atoms with Crippen molar-refractivity contribution in [3.8, 4) is 0 Å². The van der Waals surface area contributed by atoms with Crippen LogP contribution in [0.3, 0.4) is 0 Å². The minimum Gasteiger partial charge on any atom is -0.272 e. The van der Waals surface area contributed by atoms with Crippen molar-refractivity contribution in [3.63, 3.8) is 0 Å². The van der Waals surface area contributed by atoms with E-state index >= 15 is 0 Å². The fourth-order valence-electron chi connectivity index (χ4n) is 1.78. The highest BCUT2D eigenvalue weighted by atomic mass is 35.5. The Morgan fingerprint density at radius 2 is 1.83 bits per heavy atom. The number of benzene rings is 2. The fraction of sp³-hybridized carbons (Fsp3) is 0.176. The van der Waals surface area contributed by atoms with Gasteiger partial charge in [0.1, 0.15) is 0 Å². The maximum Gasteiger partial charge on any atom is 0.250 e. The molecule has 23 heavy (non-hydrogen) atoms. The summed E-state index contributed by atoms with van der Waals surface area (Å²) in [5, 5.41) is 4.87. The summed E-state index contributed by atoms with van der Waals surface area (Å²) in [4.78, 5) is 11.7. The molecule has 0 heterocycles. The second-order valence-corrected chi connectivity index (χ2v) is 6.71. The number of hydrogen-bond donors (Lipinski definition) is 1. The lowest BCUT2D eigenvalue weighted by molar-refractivity contribution is -0.118. The molecular formula is C17H16Cl2N2OS. The van der Waals surface area contributed by atoms with E-state index in [1.165, 1.54) is 29.1 Å². The molecule has 6 heteroatoms. The lowest BCUT2D eigenvalue weighted by Crippen LogP contribution is -2.19. The summed E-state index contributed by atoms with van der Waals surface area (Å²) in [5.41, 5.74) is 5.48. The number of hydrazone groups is 1. The highest BCUT2D eigenvalue weighted by Gasteiger charge is 2.03. The molecule has 2 aromatic rings. The van der Waals surface area contributed by atoms with Crippen molar-refractivity contribution in [2.75, 3.05) is 5.75 Å². The van der Waals surface area contributed by atoms with Crippen LogP contribution in [0.4, 0.5) is 0 Å². The number of halogens is 2. The quantitative estimate of drug-likeness (QED) is 0.595. The second-order valence-electron chi connectivity index (χ2n) is 4.91. The molecule has 0 fully saturated rings. The van der Waals surface area contributed by atoms with Crippen LogP contribution in [-0.4, -0.2) is 17.9 Å². The molecule has 0 aliphatic heterocycles. The van der Waals surface area contributed by atoms with E-state index in [1.807, 2.05) is 6.92 Å². The largest absolute Gasteiger partial charge is 0.272 e. The number of carbonyl (C=O) groups excluding carboxylic acids is 1. The number of nitrogens with zero attached hydrogens (tertiary/aromatic N) is 1. The molecule has 0 bridgehead atoms. The normalized spacial score (nSPS) is 10.9. The van der Waals surface area contributed by atoms with E-state index < -0.39 is 0 Å². The fourth-order valence-corrected chi connectivity index (χ4v) is 3.06. The van der Waals surface area contributed by atoms with Crippen LogP contribution < -0.4 is 5.43 Å². The van der Waals surface area contributed by atoms with Crippen molar-refractivity contribution >= 4 is 47.1 Å². The monoisotopic (exact) mass is 366 g/mol. The van der Waals surface area contributed by atoms with Gasteiger partial charge in [0.2, 0.25) is 5.91 Å². The summed E-state index contributed by atoms with van der Waals surface area (Å²) >= 11 is 13.6. The van der Waals surface area contributed by atoms with Crippen molar-refractivity contribution in [1.29, 1.82) is 0 Å². The Labute approximate surface area is 150 Å². The summed E-state index contributed by atoms with van der Waals surface area (Å²) in [5.74, 6) is 0.955. The van der Waals surface area contributed by atoms with Crippen molar-refractivity contribution in [2.24, 2.45) is 5.10 Å². The van der Waals surface area contributed by atoms with Gasteiger partial charge in [0, 0.05) is 11.3 Å². The van der Waals surface area contributed by atoms with E-state index in [1.54, 1.807) is 18.2 Å². The maximum atomic E-state index is 11.7. The van der Waals surface area contributed by atoms with Crippen LogP contribution in [0.2, 0.25) is 10.0 Å². The molecular weight excluding hydrogens is 351 g/mol. The standard InChI is InChI=1S/C17H16Cl2N2OS/c1-12-5-7-13(8-6-12)10-23-11-17(22)21-20-9-14-15(18)3-2-4-16(14)19/h2-9H,10-11H2,1H3,(H,21,22)/b20-9-. The summed E-state index contributed by atoms with van der Waals surface area (Å²) in [6.45, 7) is 2.05. The van der Waals surface area contributed by atoms with Crippen LogP contribution in [0, 0.1) is 6.92 Å². The lowest BCUT2D eigenvalue weighted by Gasteiger charge is -2.03. The van der Waals surface area contributed by atoms with Crippen LogP contribution in [0.15, 0.2) is 47.6 Å². The summed E-state index contributed by atoms with van der Waals surface area (Å²) in [6.07, 6.45) is 1.45. The van der Waals surface area contributed by atoms with Crippen LogP contribution in [0.5, 0.6) is 0 Å². The average molecular weight is 367 g/mol. The van der Waals surface area contributed by atoms with Gasteiger partial charge < -0.3 is 0 Å². The molecule has 1 N–H and O–H groups in total. The summed E-state index contributed by atoms with van der Waals surface area (Å²) in [7, 11) is 0. The zero-order chi connectivity index (χ0) is 16.7. The van der Waals surface area contributed by atoms with Gasteiger partial charge >= 0.3 is 0 Å².